The van der Waals surface area contributed by atoms with Crippen molar-refractivity contribution in [1.29, 1.82) is 0 Å². The molecule has 2 unspecified atom stereocenters. The van der Waals surface area contributed by atoms with Crippen LogP contribution < -0.4 is 10.1 Å². The highest BCUT2D eigenvalue weighted by Gasteiger charge is 2.10. The first-order chi connectivity index (χ1) is 9.58. The first kappa shape index (κ1) is 17.0. The van der Waals surface area contributed by atoms with Gasteiger partial charge < -0.3 is 10.1 Å². The summed E-state index contributed by atoms with van der Waals surface area (Å²) in [4.78, 5) is 0. The molecule has 0 aliphatic heterocycles. The zero-order valence-corrected chi connectivity index (χ0v) is 13.2. The van der Waals surface area contributed by atoms with Crippen LogP contribution in [0.4, 0.5) is 4.39 Å². The largest absolute Gasteiger partial charge is 0.490 e. The Kier molecular flexibility index (Phi) is 7.60. The van der Waals surface area contributed by atoms with Crippen molar-refractivity contribution in [1.82, 2.24) is 5.32 Å². The number of ether oxygens (including phenoxy) is 1. The van der Waals surface area contributed by atoms with Gasteiger partial charge in [-0.25, -0.2) is 4.39 Å². The Morgan fingerprint density at radius 1 is 1.20 bits per heavy atom. The maximum Gasteiger partial charge on any atom is 0.165 e. The molecule has 2 atom stereocenters. The van der Waals surface area contributed by atoms with Crippen molar-refractivity contribution < 1.29 is 9.13 Å². The first-order valence-corrected chi connectivity index (χ1v) is 7.74. The molecule has 20 heavy (non-hydrogen) atoms. The molecule has 114 valence electrons. The fourth-order valence-electron chi connectivity index (χ4n) is 2.19. The lowest BCUT2D eigenvalue weighted by molar-refractivity contribution is 0.241. The van der Waals surface area contributed by atoms with E-state index in [1.165, 1.54) is 0 Å². The van der Waals surface area contributed by atoms with Gasteiger partial charge in [-0.15, -0.1) is 0 Å². The minimum Gasteiger partial charge on any atom is -0.490 e. The van der Waals surface area contributed by atoms with Gasteiger partial charge in [-0.05, 0) is 49.9 Å². The Bertz CT molecular complexity index is 395. The van der Waals surface area contributed by atoms with Crippen molar-refractivity contribution in [3.63, 3.8) is 0 Å². The topological polar surface area (TPSA) is 21.3 Å². The van der Waals surface area contributed by atoms with E-state index in [0.717, 1.165) is 31.4 Å². The molecule has 1 N–H and O–H groups in total. The number of hydrogen-bond donors (Lipinski definition) is 1. The van der Waals surface area contributed by atoms with Gasteiger partial charge in [0.15, 0.2) is 11.6 Å². The maximum absolute atomic E-state index is 14.0. The highest BCUT2D eigenvalue weighted by Crippen LogP contribution is 2.23. The summed E-state index contributed by atoms with van der Waals surface area (Å²) in [6, 6.07) is 5.43. The van der Waals surface area contributed by atoms with Gasteiger partial charge in [-0.1, -0.05) is 33.3 Å². The number of benzene rings is 1. The molecule has 2 nitrogen and oxygen atoms in total. The molecule has 0 aliphatic rings. The van der Waals surface area contributed by atoms with Crippen LogP contribution in [0.1, 0.15) is 58.6 Å². The smallest absolute Gasteiger partial charge is 0.165 e. The van der Waals surface area contributed by atoms with Crippen LogP contribution in [0.2, 0.25) is 0 Å². The van der Waals surface area contributed by atoms with Gasteiger partial charge in [0.1, 0.15) is 0 Å². The van der Waals surface area contributed by atoms with Crippen LogP contribution >= 0.6 is 0 Å². The Balaban J connectivity index is 2.59. The summed E-state index contributed by atoms with van der Waals surface area (Å²) in [5, 5.41) is 3.35. The van der Waals surface area contributed by atoms with Crippen LogP contribution in [0, 0.1) is 11.7 Å². The lowest BCUT2D eigenvalue weighted by Crippen LogP contribution is -2.19. The Hall–Kier alpha value is -1.09. The predicted octanol–water partition coefficient (Wildman–Crippen LogP) is 4.70. The summed E-state index contributed by atoms with van der Waals surface area (Å²) < 4.78 is 19.6. The third-order valence-electron chi connectivity index (χ3n) is 3.46. The minimum absolute atomic E-state index is 0.164. The lowest BCUT2D eigenvalue weighted by Gasteiger charge is -2.16. The van der Waals surface area contributed by atoms with E-state index in [1.807, 2.05) is 13.0 Å². The zero-order chi connectivity index (χ0) is 15.0. The fourth-order valence-corrected chi connectivity index (χ4v) is 2.19. The second-order valence-electron chi connectivity index (χ2n) is 5.57. The summed E-state index contributed by atoms with van der Waals surface area (Å²) in [6.45, 7) is 9.97. The third-order valence-corrected chi connectivity index (χ3v) is 3.46. The summed E-state index contributed by atoms with van der Waals surface area (Å²) in [6.07, 6.45) is 3.31. The van der Waals surface area contributed by atoms with Gasteiger partial charge in [-0.2, -0.15) is 0 Å². The molecule has 0 aromatic heterocycles. The molecule has 1 aromatic rings. The molecule has 0 saturated heterocycles. The highest BCUT2D eigenvalue weighted by molar-refractivity contribution is 5.30. The molecule has 0 saturated carbocycles. The Morgan fingerprint density at radius 3 is 2.55 bits per heavy atom. The second-order valence-corrected chi connectivity index (χ2v) is 5.57. The van der Waals surface area contributed by atoms with E-state index in [9.17, 15) is 4.39 Å². The van der Waals surface area contributed by atoms with E-state index in [1.54, 1.807) is 12.1 Å². The Morgan fingerprint density at radius 2 is 1.95 bits per heavy atom. The molecule has 0 heterocycles. The van der Waals surface area contributed by atoms with Crippen molar-refractivity contribution >= 4 is 0 Å². The standard InChI is InChI=1S/C17H28FNO/c1-5-7-13(3)12-20-17-9-8-15(11-16(17)18)14(4)19-10-6-2/h8-9,11,13-14,19H,5-7,10,12H2,1-4H3. The molecule has 0 bridgehead atoms. The van der Waals surface area contributed by atoms with Gasteiger partial charge in [0.25, 0.3) is 0 Å². The SMILES string of the molecule is CCCNC(C)c1ccc(OCC(C)CCC)c(F)c1. The summed E-state index contributed by atoms with van der Waals surface area (Å²) in [5.74, 6) is 0.556. The summed E-state index contributed by atoms with van der Waals surface area (Å²) in [7, 11) is 0. The molecule has 0 spiro atoms. The molecule has 0 amide bonds. The van der Waals surface area contributed by atoms with E-state index in [4.69, 9.17) is 4.74 Å². The van der Waals surface area contributed by atoms with Crippen LogP contribution in [0.3, 0.4) is 0 Å². The highest BCUT2D eigenvalue weighted by atomic mass is 19.1. The lowest BCUT2D eigenvalue weighted by atomic mass is 10.1. The van der Waals surface area contributed by atoms with Gasteiger partial charge >= 0.3 is 0 Å². The van der Waals surface area contributed by atoms with E-state index in [2.05, 4.69) is 26.1 Å². The molecule has 0 aliphatic carbocycles. The molecular weight excluding hydrogens is 253 g/mol. The number of nitrogens with one attached hydrogen (secondary N) is 1. The van der Waals surface area contributed by atoms with Gasteiger partial charge in [-0.3, -0.25) is 0 Å². The first-order valence-electron chi connectivity index (χ1n) is 7.74. The van der Waals surface area contributed by atoms with E-state index in [-0.39, 0.29) is 11.9 Å². The van der Waals surface area contributed by atoms with Crippen molar-refractivity contribution in [3.8, 4) is 5.75 Å². The van der Waals surface area contributed by atoms with Crippen LogP contribution in [-0.4, -0.2) is 13.2 Å². The normalized spacial score (nSPS) is 14.1. The van der Waals surface area contributed by atoms with Gasteiger partial charge in [0.05, 0.1) is 6.61 Å². The maximum atomic E-state index is 14.0. The monoisotopic (exact) mass is 281 g/mol. The molecule has 1 rings (SSSR count). The van der Waals surface area contributed by atoms with E-state index in [0.29, 0.717) is 18.3 Å². The fraction of sp³-hybridized carbons (Fsp3) is 0.647. The number of halogens is 1. The van der Waals surface area contributed by atoms with E-state index < -0.39 is 0 Å². The van der Waals surface area contributed by atoms with Gasteiger partial charge in [0, 0.05) is 6.04 Å². The van der Waals surface area contributed by atoms with Crippen molar-refractivity contribution in [2.24, 2.45) is 5.92 Å². The molecular formula is C17H28FNO. The molecule has 1 aromatic carbocycles. The van der Waals surface area contributed by atoms with Crippen molar-refractivity contribution in [3.05, 3.63) is 29.6 Å². The quantitative estimate of drug-likeness (QED) is 0.708. The van der Waals surface area contributed by atoms with Crippen molar-refractivity contribution in [2.45, 2.75) is 53.0 Å². The predicted molar refractivity (Wildman–Crippen MR) is 82.7 cm³/mol. The zero-order valence-electron chi connectivity index (χ0n) is 13.2. The van der Waals surface area contributed by atoms with Gasteiger partial charge in [0.2, 0.25) is 0 Å². The third kappa shape index (κ3) is 5.49. The van der Waals surface area contributed by atoms with Crippen molar-refractivity contribution in [2.75, 3.05) is 13.2 Å². The van der Waals surface area contributed by atoms with Crippen LogP contribution in [-0.2, 0) is 0 Å². The van der Waals surface area contributed by atoms with E-state index >= 15 is 0 Å². The molecule has 3 heteroatoms. The van der Waals surface area contributed by atoms with Crippen LogP contribution in [0.15, 0.2) is 18.2 Å². The second kappa shape index (κ2) is 8.96. The number of hydrogen-bond acceptors (Lipinski definition) is 2. The Labute approximate surface area is 122 Å². The summed E-state index contributed by atoms with van der Waals surface area (Å²) in [5.41, 5.74) is 0.963. The minimum atomic E-state index is -0.267. The molecule has 0 radical (unpaired) electrons. The summed E-state index contributed by atoms with van der Waals surface area (Å²) >= 11 is 0. The average Bonchev–Trinajstić information content (AvgIpc) is 2.43. The van der Waals surface area contributed by atoms with Crippen LogP contribution in [0.5, 0.6) is 5.75 Å². The number of rotatable bonds is 9. The van der Waals surface area contributed by atoms with Crippen LogP contribution in [0.25, 0.3) is 0 Å². The molecule has 0 fully saturated rings. The average molecular weight is 281 g/mol.